The Kier molecular flexibility index (Phi) is 2.23. The Morgan fingerprint density at radius 3 is 2.86 bits per heavy atom. The Hall–Kier alpha value is -1.77. The lowest BCUT2D eigenvalue weighted by Crippen LogP contribution is -2.01. The summed E-state index contributed by atoms with van der Waals surface area (Å²) in [7, 11) is 0. The number of nitrogen functional groups attached to an aromatic ring is 1. The normalized spacial score (nSPS) is 10.4. The number of rotatable bonds is 2. The largest absolute Gasteiger partial charge is 0.384 e. The first-order valence-corrected chi connectivity index (χ1v) is 4.70. The molecular weight excluding hydrogens is 174 g/mol. The summed E-state index contributed by atoms with van der Waals surface area (Å²) in [5, 5.41) is 4.15. The van der Waals surface area contributed by atoms with Crippen LogP contribution in [0, 0.1) is 0 Å². The number of hydrogen-bond donors (Lipinski definition) is 1. The Labute approximate surface area is 83.2 Å². The van der Waals surface area contributed by atoms with Crippen LogP contribution in [0.3, 0.4) is 0 Å². The summed E-state index contributed by atoms with van der Waals surface area (Å²) in [6, 6.07) is 10.0. The molecule has 0 amide bonds. The highest BCUT2D eigenvalue weighted by Crippen LogP contribution is 2.13. The van der Waals surface area contributed by atoms with Crippen molar-refractivity contribution in [3.63, 3.8) is 0 Å². The molecule has 0 aliphatic rings. The maximum atomic E-state index is 5.76. The first-order valence-electron chi connectivity index (χ1n) is 4.70. The Morgan fingerprint density at radius 1 is 1.36 bits per heavy atom. The number of nitrogens with two attached hydrogens (primary N) is 1. The van der Waals surface area contributed by atoms with Crippen molar-refractivity contribution in [2.45, 2.75) is 13.3 Å². The summed E-state index contributed by atoms with van der Waals surface area (Å²) in [5.74, 6) is 0.665. The van der Waals surface area contributed by atoms with Crippen LogP contribution in [-0.2, 0) is 6.42 Å². The van der Waals surface area contributed by atoms with E-state index >= 15 is 0 Å². The van der Waals surface area contributed by atoms with Crippen LogP contribution in [0.1, 0.15) is 12.5 Å². The van der Waals surface area contributed by atoms with Gasteiger partial charge in [0.1, 0.15) is 5.82 Å². The van der Waals surface area contributed by atoms with Crippen molar-refractivity contribution in [1.29, 1.82) is 0 Å². The number of hydrogen-bond acceptors (Lipinski definition) is 2. The lowest BCUT2D eigenvalue weighted by atomic mass is 10.1. The smallest absolute Gasteiger partial charge is 0.127 e. The van der Waals surface area contributed by atoms with Gasteiger partial charge in [0.25, 0.3) is 0 Å². The van der Waals surface area contributed by atoms with Gasteiger partial charge in [0.05, 0.1) is 11.9 Å². The van der Waals surface area contributed by atoms with Gasteiger partial charge in [0, 0.05) is 6.07 Å². The Balaban J connectivity index is 2.47. The number of benzene rings is 1. The third kappa shape index (κ3) is 1.48. The molecule has 0 fully saturated rings. The molecule has 2 aromatic rings. The van der Waals surface area contributed by atoms with Gasteiger partial charge in [-0.1, -0.05) is 19.1 Å². The fourth-order valence-corrected chi connectivity index (χ4v) is 1.44. The minimum Gasteiger partial charge on any atom is -0.384 e. The van der Waals surface area contributed by atoms with Crippen LogP contribution in [0.25, 0.3) is 5.69 Å². The van der Waals surface area contributed by atoms with Gasteiger partial charge in [-0.25, -0.2) is 4.68 Å². The van der Waals surface area contributed by atoms with Crippen molar-refractivity contribution < 1.29 is 0 Å². The molecule has 3 heteroatoms. The van der Waals surface area contributed by atoms with Crippen molar-refractivity contribution in [2.75, 3.05) is 5.73 Å². The van der Waals surface area contributed by atoms with E-state index in [-0.39, 0.29) is 0 Å². The fourth-order valence-electron chi connectivity index (χ4n) is 1.44. The van der Waals surface area contributed by atoms with Gasteiger partial charge >= 0.3 is 0 Å². The van der Waals surface area contributed by atoms with Crippen LogP contribution < -0.4 is 5.73 Å². The lowest BCUT2D eigenvalue weighted by Gasteiger charge is -2.05. The van der Waals surface area contributed by atoms with Crippen molar-refractivity contribution in [1.82, 2.24) is 9.78 Å². The molecule has 0 unspecified atom stereocenters. The second-order valence-corrected chi connectivity index (χ2v) is 3.19. The maximum Gasteiger partial charge on any atom is 0.127 e. The molecule has 1 aromatic heterocycles. The fraction of sp³-hybridized carbons (Fsp3) is 0.182. The number of aryl methyl sites for hydroxylation is 1. The zero-order valence-electron chi connectivity index (χ0n) is 8.14. The van der Waals surface area contributed by atoms with E-state index < -0.39 is 0 Å². The van der Waals surface area contributed by atoms with Crippen molar-refractivity contribution in [3.8, 4) is 5.69 Å². The van der Waals surface area contributed by atoms with Crippen molar-refractivity contribution in [3.05, 3.63) is 42.1 Å². The molecule has 2 rings (SSSR count). The van der Waals surface area contributed by atoms with Crippen LogP contribution >= 0.6 is 0 Å². The van der Waals surface area contributed by atoms with Gasteiger partial charge in [-0.3, -0.25) is 0 Å². The van der Waals surface area contributed by atoms with Crippen molar-refractivity contribution in [2.24, 2.45) is 0 Å². The standard InChI is InChI=1S/C11H13N3/c1-2-9-4-3-5-10(8-9)14-11(12)6-7-13-14/h3-8H,2,12H2,1H3. The summed E-state index contributed by atoms with van der Waals surface area (Å²) in [6.07, 6.45) is 2.73. The summed E-state index contributed by atoms with van der Waals surface area (Å²) in [6.45, 7) is 2.13. The van der Waals surface area contributed by atoms with E-state index in [1.54, 1.807) is 16.9 Å². The average Bonchev–Trinajstić information content (AvgIpc) is 2.65. The molecule has 72 valence electrons. The molecule has 0 spiro atoms. The summed E-state index contributed by atoms with van der Waals surface area (Å²) >= 11 is 0. The molecule has 0 saturated heterocycles. The molecular formula is C11H13N3. The minimum absolute atomic E-state index is 0.665. The topological polar surface area (TPSA) is 43.8 Å². The molecule has 1 aromatic carbocycles. The van der Waals surface area contributed by atoms with Crippen LogP contribution in [0.5, 0.6) is 0 Å². The van der Waals surface area contributed by atoms with E-state index in [2.05, 4.69) is 24.2 Å². The summed E-state index contributed by atoms with van der Waals surface area (Å²) < 4.78 is 1.74. The monoisotopic (exact) mass is 187 g/mol. The lowest BCUT2D eigenvalue weighted by molar-refractivity contribution is 0.887. The van der Waals surface area contributed by atoms with Gasteiger partial charge in [0.2, 0.25) is 0 Å². The number of aromatic nitrogens is 2. The highest BCUT2D eigenvalue weighted by molar-refractivity contribution is 5.42. The van der Waals surface area contributed by atoms with E-state index in [1.807, 2.05) is 12.1 Å². The van der Waals surface area contributed by atoms with Crippen molar-refractivity contribution >= 4 is 5.82 Å². The van der Waals surface area contributed by atoms with E-state index in [1.165, 1.54) is 5.56 Å². The number of nitrogens with zero attached hydrogens (tertiary/aromatic N) is 2. The molecule has 0 saturated carbocycles. The second kappa shape index (κ2) is 3.54. The van der Waals surface area contributed by atoms with E-state index in [9.17, 15) is 0 Å². The summed E-state index contributed by atoms with van der Waals surface area (Å²) in [5.41, 5.74) is 8.07. The van der Waals surface area contributed by atoms with Gasteiger partial charge in [-0.05, 0) is 24.1 Å². The second-order valence-electron chi connectivity index (χ2n) is 3.19. The molecule has 0 bridgehead atoms. The van der Waals surface area contributed by atoms with E-state index in [0.717, 1.165) is 12.1 Å². The van der Waals surface area contributed by atoms with Crippen LogP contribution in [-0.4, -0.2) is 9.78 Å². The first-order chi connectivity index (χ1) is 6.81. The predicted octanol–water partition coefficient (Wildman–Crippen LogP) is 2.02. The third-order valence-electron chi connectivity index (χ3n) is 2.24. The maximum absolute atomic E-state index is 5.76. The molecule has 0 radical (unpaired) electrons. The van der Waals surface area contributed by atoms with E-state index in [0.29, 0.717) is 5.82 Å². The highest BCUT2D eigenvalue weighted by Gasteiger charge is 2.00. The molecule has 1 heterocycles. The van der Waals surface area contributed by atoms with Gasteiger partial charge in [0.15, 0.2) is 0 Å². The molecule has 2 N–H and O–H groups in total. The highest BCUT2D eigenvalue weighted by atomic mass is 15.3. The zero-order valence-corrected chi connectivity index (χ0v) is 8.14. The molecule has 0 aliphatic carbocycles. The zero-order chi connectivity index (χ0) is 9.97. The number of anilines is 1. The quantitative estimate of drug-likeness (QED) is 0.781. The van der Waals surface area contributed by atoms with Gasteiger partial charge in [-0.2, -0.15) is 5.10 Å². The van der Waals surface area contributed by atoms with Crippen LogP contribution in [0.15, 0.2) is 36.5 Å². The average molecular weight is 187 g/mol. The SMILES string of the molecule is CCc1cccc(-n2nccc2N)c1. The van der Waals surface area contributed by atoms with Crippen LogP contribution in [0.2, 0.25) is 0 Å². The predicted molar refractivity (Wildman–Crippen MR) is 57.4 cm³/mol. The Morgan fingerprint density at radius 2 is 2.21 bits per heavy atom. The third-order valence-corrected chi connectivity index (χ3v) is 2.24. The van der Waals surface area contributed by atoms with Crippen LogP contribution in [0.4, 0.5) is 5.82 Å². The van der Waals surface area contributed by atoms with Gasteiger partial charge in [-0.15, -0.1) is 0 Å². The first kappa shape index (κ1) is 8.81. The molecule has 0 aliphatic heterocycles. The van der Waals surface area contributed by atoms with E-state index in [4.69, 9.17) is 5.73 Å². The Bertz CT molecular complexity index is 432. The van der Waals surface area contributed by atoms with Gasteiger partial charge < -0.3 is 5.73 Å². The summed E-state index contributed by atoms with van der Waals surface area (Å²) in [4.78, 5) is 0. The molecule has 14 heavy (non-hydrogen) atoms. The minimum atomic E-state index is 0.665. The molecule has 0 atom stereocenters. The molecule has 3 nitrogen and oxygen atoms in total.